The number of cyclic esters (lactones) is 1. The van der Waals surface area contributed by atoms with Crippen molar-refractivity contribution in [3.63, 3.8) is 0 Å². The summed E-state index contributed by atoms with van der Waals surface area (Å²) in [4.78, 5) is 12.1. The third-order valence-corrected chi connectivity index (χ3v) is 3.85. The smallest absolute Gasteiger partial charge is 0.339 e. The van der Waals surface area contributed by atoms with E-state index in [1.165, 1.54) is 0 Å². The maximum Gasteiger partial charge on any atom is 0.339 e. The number of ether oxygens (including phenoxy) is 1. The van der Waals surface area contributed by atoms with Crippen molar-refractivity contribution in [1.82, 2.24) is 0 Å². The normalized spacial score (nSPS) is 21.7. The van der Waals surface area contributed by atoms with E-state index in [0.29, 0.717) is 5.56 Å². The molecule has 0 aromatic heterocycles. The lowest BCUT2D eigenvalue weighted by atomic mass is 9.84. The topological polar surface area (TPSA) is 26.3 Å². The van der Waals surface area contributed by atoms with Crippen molar-refractivity contribution in [3.05, 3.63) is 70.8 Å². The molecule has 1 heterocycles. The van der Waals surface area contributed by atoms with E-state index >= 15 is 0 Å². The molecule has 19 heavy (non-hydrogen) atoms. The first kappa shape index (κ1) is 12.0. The Morgan fingerprint density at radius 2 is 1.58 bits per heavy atom. The number of carbonyl (C=O) groups excluding carboxylic acids is 1. The van der Waals surface area contributed by atoms with Crippen molar-refractivity contribution in [3.8, 4) is 0 Å². The highest BCUT2D eigenvalue weighted by Crippen LogP contribution is 2.40. The minimum absolute atomic E-state index is 0.176. The van der Waals surface area contributed by atoms with Crippen LogP contribution in [0.2, 0.25) is 0 Å². The highest BCUT2D eigenvalue weighted by Gasteiger charge is 2.33. The molecular formula is C17H16O2. The van der Waals surface area contributed by atoms with E-state index in [1.807, 2.05) is 42.5 Å². The molecule has 0 aliphatic carbocycles. The number of benzene rings is 2. The molecule has 1 aliphatic heterocycles. The highest BCUT2D eigenvalue weighted by atomic mass is 16.5. The third kappa shape index (κ3) is 1.93. The second kappa shape index (κ2) is 4.54. The van der Waals surface area contributed by atoms with Crippen LogP contribution in [0.4, 0.5) is 0 Å². The second-order valence-corrected chi connectivity index (χ2v) is 5.06. The Labute approximate surface area is 113 Å². The average molecular weight is 252 g/mol. The molecule has 0 radical (unpaired) electrons. The molecule has 1 aliphatic rings. The van der Waals surface area contributed by atoms with E-state index in [4.69, 9.17) is 4.74 Å². The van der Waals surface area contributed by atoms with Gasteiger partial charge in [-0.05, 0) is 29.7 Å². The number of rotatable bonds is 1. The molecule has 0 fully saturated rings. The van der Waals surface area contributed by atoms with Gasteiger partial charge >= 0.3 is 5.97 Å². The summed E-state index contributed by atoms with van der Waals surface area (Å²) >= 11 is 0. The van der Waals surface area contributed by atoms with Crippen LogP contribution in [0.25, 0.3) is 0 Å². The Balaban J connectivity index is 2.08. The zero-order valence-corrected chi connectivity index (χ0v) is 11.1. The third-order valence-electron chi connectivity index (χ3n) is 3.85. The molecule has 2 atom stereocenters. The maximum absolute atomic E-state index is 12.1. The van der Waals surface area contributed by atoms with Gasteiger partial charge in [0.25, 0.3) is 0 Å². The number of hydrogen-bond donors (Lipinski definition) is 0. The number of esters is 1. The quantitative estimate of drug-likeness (QED) is 0.717. The molecule has 2 aromatic rings. The molecule has 0 bridgehead atoms. The predicted octanol–water partition coefficient (Wildman–Crippen LogP) is 4.01. The maximum atomic E-state index is 12.1. The van der Waals surface area contributed by atoms with Gasteiger partial charge in [-0.3, -0.25) is 0 Å². The number of aryl methyl sites for hydroxylation is 1. The summed E-state index contributed by atoms with van der Waals surface area (Å²) in [6.07, 6.45) is -0.191. The number of fused-ring (bicyclic) bond motifs is 1. The molecule has 0 spiro atoms. The molecule has 2 aromatic carbocycles. The van der Waals surface area contributed by atoms with Crippen LogP contribution in [0.15, 0.2) is 48.5 Å². The van der Waals surface area contributed by atoms with Gasteiger partial charge in [0, 0.05) is 5.92 Å². The zero-order valence-electron chi connectivity index (χ0n) is 11.1. The van der Waals surface area contributed by atoms with E-state index in [9.17, 15) is 4.79 Å². The molecule has 2 nitrogen and oxygen atoms in total. The van der Waals surface area contributed by atoms with Crippen LogP contribution in [0.1, 0.15) is 46.0 Å². The highest BCUT2D eigenvalue weighted by molar-refractivity contribution is 5.92. The zero-order chi connectivity index (χ0) is 13.4. The first-order valence-electron chi connectivity index (χ1n) is 6.54. The fraction of sp³-hybridized carbons (Fsp3) is 0.235. The van der Waals surface area contributed by atoms with Crippen LogP contribution in [0.3, 0.4) is 0 Å². The lowest BCUT2D eigenvalue weighted by Gasteiger charge is -2.31. The van der Waals surface area contributed by atoms with Crippen molar-refractivity contribution in [2.75, 3.05) is 0 Å². The van der Waals surface area contributed by atoms with E-state index in [0.717, 1.165) is 16.7 Å². The number of hydrogen-bond acceptors (Lipinski definition) is 2. The van der Waals surface area contributed by atoms with Crippen molar-refractivity contribution >= 4 is 5.97 Å². The minimum Gasteiger partial charge on any atom is -0.453 e. The first-order chi connectivity index (χ1) is 9.18. The molecule has 0 unspecified atom stereocenters. The Bertz CT molecular complexity index is 631. The van der Waals surface area contributed by atoms with Crippen LogP contribution < -0.4 is 0 Å². The van der Waals surface area contributed by atoms with Gasteiger partial charge in [-0.25, -0.2) is 4.79 Å². The lowest BCUT2D eigenvalue weighted by molar-refractivity contribution is 0.0183. The summed E-state index contributed by atoms with van der Waals surface area (Å²) in [5.74, 6) is -0.0445. The van der Waals surface area contributed by atoms with Gasteiger partial charge < -0.3 is 4.74 Å². The Morgan fingerprint density at radius 1 is 0.947 bits per heavy atom. The number of carbonyl (C=O) groups is 1. The molecule has 0 saturated carbocycles. The van der Waals surface area contributed by atoms with Gasteiger partial charge in [0.05, 0.1) is 5.56 Å². The Hall–Kier alpha value is -2.09. The Kier molecular flexibility index (Phi) is 2.86. The van der Waals surface area contributed by atoms with Gasteiger partial charge in [-0.2, -0.15) is 0 Å². The van der Waals surface area contributed by atoms with Gasteiger partial charge in [0.15, 0.2) is 0 Å². The van der Waals surface area contributed by atoms with E-state index in [2.05, 4.69) is 19.9 Å². The summed E-state index contributed by atoms with van der Waals surface area (Å²) in [6, 6.07) is 15.8. The van der Waals surface area contributed by atoms with Crippen molar-refractivity contribution in [1.29, 1.82) is 0 Å². The largest absolute Gasteiger partial charge is 0.453 e. The molecule has 0 amide bonds. The fourth-order valence-electron chi connectivity index (χ4n) is 2.76. The first-order valence-corrected chi connectivity index (χ1v) is 6.54. The van der Waals surface area contributed by atoms with Crippen LogP contribution in [0.5, 0.6) is 0 Å². The predicted molar refractivity (Wildman–Crippen MR) is 74.2 cm³/mol. The molecular weight excluding hydrogens is 236 g/mol. The van der Waals surface area contributed by atoms with Gasteiger partial charge in [-0.1, -0.05) is 49.4 Å². The van der Waals surface area contributed by atoms with Crippen LogP contribution in [0, 0.1) is 6.92 Å². The van der Waals surface area contributed by atoms with Crippen molar-refractivity contribution < 1.29 is 9.53 Å². The summed E-state index contributed by atoms with van der Waals surface area (Å²) < 4.78 is 5.65. The Morgan fingerprint density at radius 3 is 2.32 bits per heavy atom. The summed E-state index contributed by atoms with van der Waals surface area (Å²) in [5, 5.41) is 0. The summed E-state index contributed by atoms with van der Waals surface area (Å²) in [6.45, 7) is 4.17. The van der Waals surface area contributed by atoms with Gasteiger partial charge in [0.1, 0.15) is 6.10 Å². The summed E-state index contributed by atoms with van der Waals surface area (Å²) in [5.41, 5.74) is 4.02. The fourth-order valence-corrected chi connectivity index (χ4v) is 2.76. The van der Waals surface area contributed by atoms with E-state index in [1.54, 1.807) is 0 Å². The monoisotopic (exact) mass is 252 g/mol. The average Bonchev–Trinajstić information content (AvgIpc) is 2.44. The second-order valence-electron chi connectivity index (χ2n) is 5.06. The lowest BCUT2D eigenvalue weighted by Crippen LogP contribution is -2.25. The van der Waals surface area contributed by atoms with Crippen LogP contribution >= 0.6 is 0 Å². The molecule has 3 rings (SSSR count). The molecule has 0 N–H and O–H groups in total. The van der Waals surface area contributed by atoms with Crippen molar-refractivity contribution in [2.24, 2.45) is 0 Å². The molecule has 0 saturated heterocycles. The van der Waals surface area contributed by atoms with Gasteiger partial charge in [-0.15, -0.1) is 0 Å². The SMILES string of the molecule is Cc1ccccc1[C@@H]1OC(=O)c2ccccc2[C@H]1C. The molecule has 2 heteroatoms. The minimum atomic E-state index is -0.220. The van der Waals surface area contributed by atoms with E-state index < -0.39 is 0 Å². The van der Waals surface area contributed by atoms with Crippen LogP contribution in [-0.4, -0.2) is 5.97 Å². The van der Waals surface area contributed by atoms with E-state index in [-0.39, 0.29) is 18.0 Å². The molecule has 96 valence electrons. The van der Waals surface area contributed by atoms with Gasteiger partial charge in [0.2, 0.25) is 0 Å². The van der Waals surface area contributed by atoms with Crippen LogP contribution in [-0.2, 0) is 4.74 Å². The standard InChI is InChI=1S/C17H16O2/c1-11-7-3-4-8-13(11)16-12(2)14-9-5-6-10-15(14)17(18)19-16/h3-10,12,16H,1-2H3/t12-,16-/m1/s1. The summed E-state index contributed by atoms with van der Waals surface area (Å²) in [7, 11) is 0. The van der Waals surface area contributed by atoms with Crippen molar-refractivity contribution in [2.45, 2.75) is 25.9 Å².